The van der Waals surface area contributed by atoms with Crippen molar-refractivity contribution in [2.24, 2.45) is 0 Å². The van der Waals surface area contributed by atoms with Crippen molar-refractivity contribution in [2.45, 2.75) is 26.7 Å². The van der Waals surface area contributed by atoms with Crippen LogP contribution in [0, 0.1) is 5.82 Å². The minimum absolute atomic E-state index is 0.252. The third-order valence-electron chi connectivity index (χ3n) is 1.88. The van der Waals surface area contributed by atoms with Crippen LogP contribution in [0.15, 0.2) is 18.2 Å². The van der Waals surface area contributed by atoms with Gasteiger partial charge in [0.05, 0.1) is 5.69 Å². The van der Waals surface area contributed by atoms with Crippen LogP contribution in [0.5, 0.6) is 0 Å². The summed E-state index contributed by atoms with van der Waals surface area (Å²) in [4.78, 5) is 10.8. The van der Waals surface area contributed by atoms with Crippen LogP contribution < -0.4 is 5.32 Å². The summed E-state index contributed by atoms with van der Waals surface area (Å²) in [6.45, 7) is 3.42. The molecule has 3 heteroatoms. The highest BCUT2D eigenvalue weighted by molar-refractivity contribution is 5.88. The molecule has 0 saturated carbocycles. The van der Waals surface area contributed by atoms with E-state index in [1.165, 1.54) is 13.0 Å². The van der Waals surface area contributed by atoms with Crippen molar-refractivity contribution in [1.29, 1.82) is 0 Å². The Morgan fingerprint density at radius 2 is 2.21 bits per heavy atom. The number of carbonyl (C=O) groups excluding carboxylic acids is 1. The van der Waals surface area contributed by atoms with Gasteiger partial charge in [0.25, 0.3) is 0 Å². The molecular formula is C11H14FNO. The molecule has 0 fully saturated rings. The Morgan fingerprint density at radius 3 is 2.79 bits per heavy atom. The fraction of sp³-hybridized carbons (Fsp3) is 0.364. The van der Waals surface area contributed by atoms with Crippen molar-refractivity contribution in [3.05, 3.63) is 29.6 Å². The van der Waals surface area contributed by atoms with Gasteiger partial charge in [-0.25, -0.2) is 4.39 Å². The van der Waals surface area contributed by atoms with E-state index < -0.39 is 0 Å². The van der Waals surface area contributed by atoms with Gasteiger partial charge in [0.2, 0.25) is 5.91 Å². The van der Waals surface area contributed by atoms with E-state index in [4.69, 9.17) is 0 Å². The summed E-state index contributed by atoms with van der Waals surface area (Å²) in [6, 6.07) is 4.81. The standard InChI is InChI=1S/C11H14FNO/c1-3-4-9-5-6-10(12)11(7-9)13-8(2)14/h5-7H,3-4H2,1-2H3,(H,13,14). The van der Waals surface area contributed by atoms with E-state index in [2.05, 4.69) is 12.2 Å². The molecule has 1 aromatic carbocycles. The van der Waals surface area contributed by atoms with Crippen LogP contribution in [0.1, 0.15) is 25.8 Å². The number of nitrogens with one attached hydrogen (secondary N) is 1. The van der Waals surface area contributed by atoms with Crippen LogP contribution in [0.2, 0.25) is 0 Å². The van der Waals surface area contributed by atoms with Gasteiger partial charge in [0, 0.05) is 6.92 Å². The molecular weight excluding hydrogens is 181 g/mol. The summed E-state index contributed by atoms with van der Waals surface area (Å²) in [6.07, 6.45) is 1.90. The Morgan fingerprint density at radius 1 is 1.50 bits per heavy atom. The van der Waals surface area contributed by atoms with E-state index in [1.54, 1.807) is 12.1 Å². The van der Waals surface area contributed by atoms with Crippen molar-refractivity contribution in [3.8, 4) is 0 Å². The smallest absolute Gasteiger partial charge is 0.221 e. The molecule has 0 aliphatic carbocycles. The Labute approximate surface area is 83.1 Å². The van der Waals surface area contributed by atoms with E-state index in [9.17, 15) is 9.18 Å². The van der Waals surface area contributed by atoms with Gasteiger partial charge in [-0.2, -0.15) is 0 Å². The number of amides is 1. The largest absolute Gasteiger partial charge is 0.324 e. The van der Waals surface area contributed by atoms with Crippen LogP contribution in [0.4, 0.5) is 10.1 Å². The molecule has 0 radical (unpaired) electrons. The first-order chi connectivity index (χ1) is 6.63. The molecule has 1 rings (SSSR count). The molecule has 14 heavy (non-hydrogen) atoms. The van der Waals surface area contributed by atoms with Gasteiger partial charge >= 0.3 is 0 Å². The summed E-state index contributed by atoms with van der Waals surface area (Å²) in [5.41, 5.74) is 1.31. The summed E-state index contributed by atoms with van der Waals surface area (Å²) >= 11 is 0. The van der Waals surface area contributed by atoms with E-state index in [0.29, 0.717) is 0 Å². The van der Waals surface area contributed by atoms with Crippen molar-refractivity contribution in [3.63, 3.8) is 0 Å². The SMILES string of the molecule is CCCc1ccc(F)c(NC(C)=O)c1. The minimum Gasteiger partial charge on any atom is -0.324 e. The zero-order valence-corrected chi connectivity index (χ0v) is 8.43. The maximum absolute atomic E-state index is 13.2. The first-order valence-corrected chi connectivity index (χ1v) is 4.69. The minimum atomic E-state index is -0.389. The van der Waals surface area contributed by atoms with Gasteiger partial charge in [-0.3, -0.25) is 4.79 Å². The second-order valence-electron chi connectivity index (χ2n) is 3.25. The van der Waals surface area contributed by atoms with Crippen LogP contribution >= 0.6 is 0 Å². The zero-order valence-electron chi connectivity index (χ0n) is 8.43. The molecule has 1 aromatic rings. The van der Waals surface area contributed by atoms with Gasteiger partial charge < -0.3 is 5.32 Å². The number of aryl methyl sites for hydroxylation is 1. The summed E-state index contributed by atoms with van der Waals surface area (Å²) in [5.74, 6) is -0.641. The molecule has 76 valence electrons. The number of carbonyl (C=O) groups is 1. The number of halogens is 1. The molecule has 0 atom stereocenters. The third kappa shape index (κ3) is 2.83. The number of rotatable bonds is 3. The number of anilines is 1. The normalized spacial score (nSPS) is 9.93. The van der Waals surface area contributed by atoms with Crippen LogP contribution in [-0.4, -0.2) is 5.91 Å². The molecule has 0 aliphatic heterocycles. The van der Waals surface area contributed by atoms with Gasteiger partial charge in [0.1, 0.15) is 5.82 Å². The van der Waals surface area contributed by atoms with Gasteiger partial charge in [-0.05, 0) is 24.1 Å². The van der Waals surface area contributed by atoms with E-state index in [-0.39, 0.29) is 17.4 Å². The number of benzene rings is 1. The highest BCUT2D eigenvalue weighted by Gasteiger charge is 2.04. The predicted octanol–water partition coefficient (Wildman–Crippen LogP) is 2.74. The van der Waals surface area contributed by atoms with E-state index >= 15 is 0 Å². The van der Waals surface area contributed by atoms with Crippen molar-refractivity contribution in [2.75, 3.05) is 5.32 Å². The highest BCUT2D eigenvalue weighted by Crippen LogP contribution is 2.17. The van der Waals surface area contributed by atoms with Crippen LogP contribution in [-0.2, 0) is 11.2 Å². The molecule has 0 aromatic heterocycles. The van der Waals surface area contributed by atoms with Crippen LogP contribution in [0.25, 0.3) is 0 Å². The first kappa shape index (κ1) is 10.7. The molecule has 0 saturated heterocycles. The van der Waals surface area contributed by atoms with Crippen molar-refractivity contribution >= 4 is 11.6 Å². The monoisotopic (exact) mass is 195 g/mol. The molecule has 1 N–H and O–H groups in total. The molecule has 0 spiro atoms. The Kier molecular flexibility index (Phi) is 3.63. The lowest BCUT2D eigenvalue weighted by atomic mass is 10.1. The molecule has 0 heterocycles. The van der Waals surface area contributed by atoms with Gasteiger partial charge in [-0.1, -0.05) is 19.4 Å². The number of hydrogen-bond donors (Lipinski definition) is 1. The second-order valence-corrected chi connectivity index (χ2v) is 3.25. The van der Waals surface area contributed by atoms with Crippen molar-refractivity contribution in [1.82, 2.24) is 0 Å². The molecule has 0 bridgehead atoms. The third-order valence-corrected chi connectivity index (χ3v) is 1.88. The lowest BCUT2D eigenvalue weighted by Crippen LogP contribution is -2.07. The number of hydrogen-bond acceptors (Lipinski definition) is 1. The Hall–Kier alpha value is -1.38. The van der Waals surface area contributed by atoms with Gasteiger partial charge in [0.15, 0.2) is 0 Å². The van der Waals surface area contributed by atoms with E-state index in [1.807, 2.05) is 0 Å². The molecule has 0 aliphatic rings. The maximum atomic E-state index is 13.2. The predicted molar refractivity (Wildman–Crippen MR) is 54.7 cm³/mol. The zero-order chi connectivity index (χ0) is 10.6. The average Bonchev–Trinajstić information content (AvgIpc) is 2.10. The quantitative estimate of drug-likeness (QED) is 0.789. The second kappa shape index (κ2) is 4.74. The average molecular weight is 195 g/mol. The summed E-state index contributed by atoms with van der Waals surface area (Å²) in [7, 11) is 0. The van der Waals surface area contributed by atoms with Crippen LogP contribution in [0.3, 0.4) is 0 Å². The molecule has 0 unspecified atom stereocenters. The van der Waals surface area contributed by atoms with E-state index in [0.717, 1.165) is 18.4 Å². The maximum Gasteiger partial charge on any atom is 0.221 e. The Balaban J connectivity index is 2.90. The molecule has 1 amide bonds. The summed E-state index contributed by atoms with van der Waals surface area (Å²) < 4.78 is 13.2. The Bertz CT molecular complexity index is 336. The highest BCUT2D eigenvalue weighted by atomic mass is 19.1. The fourth-order valence-corrected chi connectivity index (χ4v) is 1.30. The first-order valence-electron chi connectivity index (χ1n) is 4.69. The molecule has 2 nitrogen and oxygen atoms in total. The lowest BCUT2D eigenvalue weighted by molar-refractivity contribution is -0.114. The summed E-state index contributed by atoms with van der Waals surface area (Å²) in [5, 5.41) is 2.46. The fourth-order valence-electron chi connectivity index (χ4n) is 1.30. The topological polar surface area (TPSA) is 29.1 Å². The van der Waals surface area contributed by atoms with Crippen molar-refractivity contribution < 1.29 is 9.18 Å². The lowest BCUT2D eigenvalue weighted by Gasteiger charge is -2.06. The van der Waals surface area contributed by atoms with Gasteiger partial charge in [-0.15, -0.1) is 0 Å².